The fourth-order valence-electron chi connectivity index (χ4n) is 1.64. The van der Waals surface area contributed by atoms with Crippen LogP contribution in [0.4, 0.5) is 4.39 Å². The molecule has 0 saturated heterocycles. The molecule has 0 fully saturated rings. The van der Waals surface area contributed by atoms with Crippen molar-refractivity contribution in [2.45, 2.75) is 0 Å². The van der Waals surface area contributed by atoms with Crippen molar-refractivity contribution in [3.63, 3.8) is 0 Å². The Hall–Kier alpha value is -2.59. The van der Waals surface area contributed by atoms with Crippen molar-refractivity contribution < 1.29 is 9.13 Å². The molecule has 1 heterocycles. The van der Waals surface area contributed by atoms with Crippen LogP contribution in [-0.4, -0.2) is 16.7 Å². The van der Waals surface area contributed by atoms with Crippen molar-refractivity contribution in [2.24, 2.45) is 0 Å². The maximum Gasteiger partial charge on any atom is 0.334 e. The van der Waals surface area contributed by atoms with E-state index in [1.54, 1.807) is 0 Å². The molecule has 0 saturated carbocycles. The Morgan fingerprint density at radius 3 is 2.75 bits per heavy atom. The first-order valence-electron chi connectivity index (χ1n) is 5.28. The number of hydrogen-bond acceptors (Lipinski definition) is 4. The summed E-state index contributed by atoms with van der Waals surface area (Å²) < 4.78 is 19.1. The Morgan fingerprint density at radius 1 is 1.45 bits per heavy atom. The van der Waals surface area contributed by atoms with Crippen molar-refractivity contribution in [1.82, 2.24) is 9.55 Å². The van der Waals surface area contributed by atoms with Gasteiger partial charge in [0.15, 0.2) is 5.15 Å². The second-order valence-corrected chi connectivity index (χ2v) is 4.08. The number of aromatic nitrogens is 2. The van der Waals surface area contributed by atoms with E-state index in [2.05, 4.69) is 0 Å². The lowest BCUT2D eigenvalue weighted by Gasteiger charge is -2.10. The highest BCUT2D eigenvalue weighted by Crippen LogP contribution is 2.22. The molecule has 2 rings (SSSR count). The van der Waals surface area contributed by atoms with Gasteiger partial charge in [0.25, 0.3) is 5.56 Å². The average Bonchev–Trinajstić information content (AvgIpc) is 2.45. The topological polar surface area (TPSA) is 87.9 Å². The summed E-state index contributed by atoms with van der Waals surface area (Å²) in [4.78, 5) is 25.6. The van der Waals surface area contributed by atoms with Crippen molar-refractivity contribution in [2.75, 3.05) is 7.11 Å². The average molecular weight is 296 g/mol. The quantitative estimate of drug-likeness (QED) is 0.843. The highest BCUT2D eigenvalue weighted by atomic mass is 35.5. The summed E-state index contributed by atoms with van der Waals surface area (Å²) >= 11 is 5.38. The van der Waals surface area contributed by atoms with Crippen LogP contribution in [0.1, 0.15) is 5.56 Å². The SMILES string of the molecule is COc1cc(C#N)ccc1-n1c(=O)[nH]c(Cl)c(F)c1=O. The zero-order chi connectivity index (χ0) is 14.9. The summed E-state index contributed by atoms with van der Waals surface area (Å²) in [5.41, 5.74) is -1.84. The molecule has 0 unspecified atom stereocenters. The summed E-state index contributed by atoms with van der Waals surface area (Å²) in [6, 6.07) is 5.89. The maximum atomic E-state index is 13.5. The molecule has 102 valence electrons. The smallest absolute Gasteiger partial charge is 0.334 e. The van der Waals surface area contributed by atoms with E-state index in [0.29, 0.717) is 4.57 Å². The third-order valence-corrected chi connectivity index (χ3v) is 2.81. The molecule has 0 amide bonds. The molecule has 0 atom stereocenters. The first-order chi connectivity index (χ1) is 9.49. The highest BCUT2D eigenvalue weighted by molar-refractivity contribution is 6.29. The van der Waals surface area contributed by atoms with Gasteiger partial charge in [-0.1, -0.05) is 11.6 Å². The predicted molar refractivity (Wildman–Crippen MR) is 68.9 cm³/mol. The van der Waals surface area contributed by atoms with E-state index < -0.39 is 22.2 Å². The summed E-state index contributed by atoms with van der Waals surface area (Å²) in [5.74, 6) is -1.20. The number of halogens is 2. The van der Waals surface area contributed by atoms with Crippen LogP contribution in [0.5, 0.6) is 5.75 Å². The molecule has 0 aliphatic carbocycles. The van der Waals surface area contributed by atoms with Crippen LogP contribution in [0, 0.1) is 17.1 Å². The first-order valence-corrected chi connectivity index (χ1v) is 5.66. The normalized spacial score (nSPS) is 10.1. The number of benzene rings is 1. The number of rotatable bonds is 2. The number of nitrogens with zero attached hydrogens (tertiary/aromatic N) is 2. The van der Waals surface area contributed by atoms with Gasteiger partial charge in [0.1, 0.15) is 5.75 Å². The molecule has 20 heavy (non-hydrogen) atoms. The summed E-state index contributed by atoms with van der Waals surface area (Å²) in [5, 5.41) is 8.13. The van der Waals surface area contributed by atoms with Gasteiger partial charge in [0.05, 0.1) is 24.4 Å². The molecule has 1 aromatic heterocycles. The van der Waals surface area contributed by atoms with Gasteiger partial charge >= 0.3 is 5.69 Å². The Morgan fingerprint density at radius 2 is 2.15 bits per heavy atom. The summed E-state index contributed by atoms with van der Waals surface area (Å²) in [6.45, 7) is 0. The van der Waals surface area contributed by atoms with Gasteiger partial charge in [0, 0.05) is 6.07 Å². The van der Waals surface area contributed by atoms with E-state index in [9.17, 15) is 14.0 Å². The van der Waals surface area contributed by atoms with Gasteiger partial charge < -0.3 is 4.74 Å². The van der Waals surface area contributed by atoms with Crippen LogP contribution in [-0.2, 0) is 0 Å². The second-order valence-electron chi connectivity index (χ2n) is 3.70. The second kappa shape index (κ2) is 5.19. The molecule has 2 aromatic rings. The van der Waals surface area contributed by atoms with Crippen molar-refractivity contribution in [3.05, 3.63) is 55.6 Å². The molecule has 0 radical (unpaired) electrons. The van der Waals surface area contributed by atoms with Crippen molar-refractivity contribution in [3.8, 4) is 17.5 Å². The van der Waals surface area contributed by atoms with Gasteiger partial charge in [-0.15, -0.1) is 0 Å². The van der Waals surface area contributed by atoms with E-state index >= 15 is 0 Å². The van der Waals surface area contributed by atoms with Gasteiger partial charge in [-0.2, -0.15) is 9.65 Å². The maximum absolute atomic E-state index is 13.5. The standard InChI is InChI=1S/C12H7ClFN3O3/c1-20-8-4-6(5-15)2-3-7(8)17-11(18)9(14)10(13)16-12(17)19/h2-4H,1H3,(H,16,19). The largest absolute Gasteiger partial charge is 0.495 e. The molecule has 1 N–H and O–H groups in total. The fraction of sp³-hybridized carbons (Fsp3) is 0.0833. The van der Waals surface area contributed by atoms with Gasteiger partial charge in [0.2, 0.25) is 5.82 Å². The van der Waals surface area contributed by atoms with E-state index in [4.69, 9.17) is 21.6 Å². The lowest BCUT2D eigenvalue weighted by Crippen LogP contribution is -2.36. The minimum Gasteiger partial charge on any atom is -0.495 e. The number of aromatic amines is 1. The number of ether oxygens (including phenoxy) is 1. The Kier molecular flexibility index (Phi) is 3.59. The van der Waals surface area contributed by atoms with Crippen LogP contribution < -0.4 is 16.0 Å². The van der Waals surface area contributed by atoms with E-state index in [0.717, 1.165) is 0 Å². The number of hydrogen-bond donors (Lipinski definition) is 1. The van der Waals surface area contributed by atoms with Crippen LogP contribution in [0.25, 0.3) is 5.69 Å². The van der Waals surface area contributed by atoms with Crippen molar-refractivity contribution >= 4 is 11.6 Å². The predicted octanol–water partition coefficient (Wildman–Crippen LogP) is 1.20. The highest BCUT2D eigenvalue weighted by Gasteiger charge is 2.17. The minimum absolute atomic E-state index is 0.00770. The summed E-state index contributed by atoms with van der Waals surface area (Å²) in [7, 11) is 1.30. The van der Waals surface area contributed by atoms with E-state index in [1.807, 2.05) is 11.1 Å². The Balaban J connectivity index is 2.83. The lowest BCUT2D eigenvalue weighted by molar-refractivity contribution is 0.411. The minimum atomic E-state index is -1.28. The molecular weight excluding hydrogens is 289 g/mol. The van der Waals surface area contributed by atoms with Crippen LogP contribution >= 0.6 is 11.6 Å². The lowest BCUT2D eigenvalue weighted by atomic mass is 10.2. The Bertz CT molecular complexity index is 835. The van der Waals surface area contributed by atoms with Crippen LogP contribution in [0.3, 0.4) is 0 Å². The number of nitrogens with one attached hydrogen (secondary N) is 1. The van der Waals surface area contributed by atoms with Gasteiger partial charge in [-0.3, -0.25) is 9.78 Å². The van der Waals surface area contributed by atoms with Crippen LogP contribution in [0.2, 0.25) is 5.15 Å². The molecular formula is C12H7ClFN3O3. The van der Waals surface area contributed by atoms with Crippen molar-refractivity contribution in [1.29, 1.82) is 5.26 Å². The van der Waals surface area contributed by atoms with Gasteiger partial charge in [-0.05, 0) is 12.1 Å². The summed E-state index contributed by atoms with van der Waals surface area (Å²) in [6.07, 6.45) is 0. The molecule has 1 aromatic carbocycles. The zero-order valence-electron chi connectivity index (χ0n) is 10.1. The molecule has 6 nitrogen and oxygen atoms in total. The molecule has 0 aliphatic heterocycles. The molecule has 0 aliphatic rings. The monoisotopic (exact) mass is 295 g/mol. The van der Waals surface area contributed by atoms with E-state index in [-0.39, 0.29) is 17.0 Å². The number of methoxy groups -OCH3 is 1. The third kappa shape index (κ3) is 2.17. The number of H-pyrrole nitrogens is 1. The molecule has 0 spiro atoms. The van der Waals surface area contributed by atoms with Gasteiger partial charge in [-0.25, -0.2) is 9.36 Å². The Labute approximate surface area is 116 Å². The third-order valence-electron chi connectivity index (χ3n) is 2.55. The molecule has 0 bridgehead atoms. The fourth-order valence-corrected chi connectivity index (χ4v) is 1.80. The molecule has 8 heteroatoms. The first kappa shape index (κ1) is 13.8. The zero-order valence-corrected chi connectivity index (χ0v) is 10.9. The van der Waals surface area contributed by atoms with E-state index in [1.165, 1.54) is 25.3 Å². The van der Waals surface area contributed by atoms with Crippen LogP contribution in [0.15, 0.2) is 27.8 Å². The number of nitriles is 1.